The lowest BCUT2D eigenvalue weighted by atomic mass is 10.2. The highest BCUT2D eigenvalue weighted by atomic mass is 35.5. The zero-order valence-electron chi connectivity index (χ0n) is 8.66. The van der Waals surface area contributed by atoms with Crippen LogP contribution >= 0.6 is 11.6 Å². The van der Waals surface area contributed by atoms with E-state index >= 15 is 0 Å². The van der Waals surface area contributed by atoms with E-state index in [0.717, 1.165) is 0 Å². The summed E-state index contributed by atoms with van der Waals surface area (Å²) in [6.07, 6.45) is 0.952. The van der Waals surface area contributed by atoms with Crippen LogP contribution in [-0.2, 0) is 0 Å². The van der Waals surface area contributed by atoms with Crippen molar-refractivity contribution in [3.05, 3.63) is 16.9 Å². The molecule has 0 aliphatic rings. The van der Waals surface area contributed by atoms with Crippen LogP contribution < -0.4 is 5.32 Å². The van der Waals surface area contributed by atoms with Gasteiger partial charge in [0.05, 0.1) is 16.9 Å². The quantitative estimate of drug-likeness (QED) is 0.801. The minimum absolute atomic E-state index is 0.198. The van der Waals surface area contributed by atoms with Gasteiger partial charge >= 0.3 is 0 Å². The summed E-state index contributed by atoms with van der Waals surface area (Å²) in [5, 5.41) is 17.3. The van der Waals surface area contributed by atoms with Gasteiger partial charge in [0, 0.05) is 12.6 Å². The van der Waals surface area contributed by atoms with Crippen LogP contribution in [0.25, 0.3) is 0 Å². The zero-order valence-corrected chi connectivity index (χ0v) is 9.41. The molecule has 80 valence electrons. The summed E-state index contributed by atoms with van der Waals surface area (Å²) in [5.41, 5.74) is 0.677. The second kappa shape index (κ2) is 4.77. The van der Waals surface area contributed by atoms with E-state index in [1.165, 1.54) is 0 Å². The molecule has 0 aliphatic carbocycles. The molecule has 2 N–H and O–H groups in total. The van der Waals surface area contributed by atoms with Crippen molar-refractivity contribution in [3.63, 3.8) is 0 Å². The molecule has 1 aromatic rings. The molecule has 1 heterocycles. The highest BCUT2D eigenvalue weighted by molar-refractivity contribution is 6.31. The Bertz CT molecular complexity index is 298. The molecule has 0 saturated carbocycles. The molecule has 5 heteroatoms. The Morgan fingerprint density at radius 1 is 1.64 bits per heavy atom. The van der Waals surface area contributed by atoms with Gasteiger partial charge in [-0.1, -0.05) is 11.6 Å². The van der Waals surface area contributed by atoms with Crippen LogP contribution in [0.1, 0.15) is 31.7 Å². The average molecular weight is 218 g/mol. The summed E-state index contributed by atoms with van der Waals surface area (Å²) in [6.45, 7) is 4.47. The van der Waals surface area contributed by atoms with Crippen molar-refractivity contribution in [2.45, 2.75) is 26.0 Å². The average Bonchev–Trinajstić information content (AvgIpc) is 2.47. The molecule has 0 aromatic carbocycles. The van der Waals surface area contributed by atoms with Crippen LogP contribution in [0, 0.1) is 0 Å². The van der Waals surface area contributed by atoms with Gasteiger partial charge in [-0.2, -0.15) is 5.10 Å². The van der Waals surface area contributed by atoms with Gasteiger partial charge in [0.1, 0.15) is 6.10 Å². The van der Waals surface area contributed by atoms with E-state index < -0.39 is 6.10 Å². The lowest BCUT2D eigenvalue weighted by molar-refractivity contribution is 0.164. The molecule has 0 amide bonds. The molecule has 0 aliphatic heterocycles. The molecule has 0 fully saturated rings. The predicted octanol–water partition coefficient (Wildman–Crippen LogP) is 1.37. The number of rotatable bonds is 4. The van der Waals surface area contributed by atoms with Crippen molar-refractivity contribution in [1.29, 1.82) is 0 Å². The molecule has 0 radical (unpaired) electrons. The highest BCUT2D eigenvalue weighted by Gasteiger charge is 2.18. The Morgan fingerprint density at radius 3 is 2.79 bits per heavy atom. The highest BCUT2D eigenvalue weighted by Crippen LogP contribution is 2.24. The summed E-state index contributed by atoms with van der Waals surface area (Å²) < 4.78 is 1.74. The molecular formula is C9H16ClN3O. The van der Waals surface area contributed by atoms with E-state index in [1.54, 1.807) is 17.9 Å². The first-order chi connectivity index (χ1) is 6.57. The number of hydrogen-bond acceptors (Lipinski definition) is 3. The number of likely N-dealkylation sites (N-methyl/N-ethyl adjacent to an activating group) is 1. The van der Waals surface area contributed by atoms with E-state index in [2.05, 4.69) is 10.4 Å². The van der Waals surface area contributed by atoms with Gasteiger partial charge in [-0.3, -0.25) is 4.68 Å². The number of aromatic nitrogens is 2. The second-order valence-corrected chi connectivity index (χ2v) is 3.90. The van der Waals surface area contributed by atoms with Gasteiger partial charge < -0.3 is 10.4 Å². The van der Waals surface area contributed by atoms with Gasteiger partial charge in [-0.25, -0.2) is 0 Å². The lowest BCUT2D eigenvalue weighted by Gasteiger charge is -2.15. The molecule has 14 heavy (non-hydrogen) atoms. The van der Waals surface area contributed by atoms with Crippen molar-refractivity contribution >= 4 is 11.6 Å². The number of aliphatic hydroxyl groups is 1. The van der Waals surface area contributed by atoms with Crippen LogP contribution in [0.4, 0.5) is 0 Å². The van der Waals surface area contributed by atoms with Gasteiger partial charge in [-0.05, 0) is 20.9 Å². The maximum absolute atomic E-state index is 9.81. The third-order valence-corrected chi connectivity index (χ3v) is 2.28. The Kier molecular flexibility index (Phi) is 3.92. The first kappa shape index (κ1) is 11.5. The fourth-order valence-corrected chi connectivity index (χ4v) is 1.62. The predicted molar refractivity (Wildman–Crippen MR) is 56.5 cm³/mol. The van der Waals surface area contributed by atoms with E-state index in [1.807, 2.05) is 13.8 Å². The molecule has 4 nitrogen and oxygen atoms in total. The number of nitrogens with one attached hydrogen (secondary N) is 1. The smallest absolute Gasteiger partial charge is 0.110 e. The first-order valence-electron chi connectivity index (χ1n) is 4.63. The van der Waals surface area contributed by atoms with Crippen LogP contribution in [0.3, 0.4) is 0 Å². The fraction of sp³-hybridized carbons (Fsp3) is 0.667. The molecule has 1 rings (SSSR count). The van der Waals surface area contributed by atoms with E-state index in [-0.39, 0.29) is 6.04 Å². The van der Waals surface area contributed by atoms with Gasteiger partial charge in [0.2, 0.25) is 0 Å². The normalized spacial score (nSPS) is 13.6. The molecule has 1 aromatic heterocycles. The van der Waals surface area contributed by atoms with E-state index in [9.17, 15) is 5.11 Å². The Balaban J connectivity index is 2.98. The summed E-state index contributed by atoms with van der Waals surface area (Å²) >= 11 is 5.95. The molecule has 0 saturated heterocycles. The molecule has 0 bridgehead atoms. The summed E-state index contributed by atoms with van der Waals surface area (Å²) in [5.74, 6) is 0. The fourth-order valence-electron chi connectivity index (χ4n) is 1.36. The van der Waals surface area contributed by atoms with Crippen molar-refractivity contribution in [2.24, 2.45) is 0 Å². The largest absolute Gasteiger partial charge is 0.385 e. The summed E-state index contributed by atoms with van der Waals surface area (Å²) in [4.78, 5) is 0. The minimum Gasteiger partial charge on any atom is -0.385 e. The Hall–Kier alpha value is -0.580. The number of aliphatic hydroxyl groups excluding tert-OH is 1. The Morgan fingerprint density at radius 2 is 2.29 bits per heavy atom. The Labute approximate surface area is 88.9 Å². The van der Waals surface area contributed by atoms with Crippen molar-refractivity contribution < 1.29 is 5.11 Å². The van der Waals surface area contributed by atoms with Crippen molar-refractivity contribution in [2.75, 3.05) is 13.6 Å². The summed E-state index contributed by atoms with van der Waals surface area (Å²) in [7, 11) is 1.78. The molecule has 0 spiro atoms. The molecule has 1 atom stereocenters. The van der Waals surface area contributed by atoms with Crippen LogP contribution in [0.2, 0.25) is 5.02 Å². The van der Waals surface area contributed by atoms with E-state index in [4.69, 9.17) is 11.6 Å². The van der Waals surface area contributed by atoms with Gasteiger partial charge in [0.15, 0.2) is 0 Å². The standard InChI is InChI=1S/C9H16ClN3O/c1-6(2)13-9(7(10)4-12-13)8(14)5-11-3/h4,6,8,11,14H,5H2,1-3H3. The molecular weight excluding hydrogens is 202 g/mol. The van der Waals surface area contributed by atoms with E-state index in [0.29, 0.717) is 17.3 Å². The third-order valence-electron chi connectivity index (χ3n) is 1.99. The first-order valence-corrected chi connectivity index (χ1v) is 5.01. The second-order valence-electron chi connectivity index (χ2n) is 3.49. The maximum Gasteiger partial charge on any atom is 0.110 e. The monoisotopic (exact) mass is 217 g/mol. The van der Waals surface area contributed by atoms with Crippen molar-refractivity contribution in [3.8, 4) is 0 Å². The van der Waals surface area contributed by atoms with Crippen LogP contribution in [0.5, 0.6) is 0 Å². The third kappa shape index (κ3) is 2.26. The minimum atomic E-state index is -0.614. The number of halogens is 1. The topological polar surface area (TPSA) is 50.1 Å². The van der Waals surface area contributed by atoms with Gasteiger partial charge in [-0.15, -0.1) is 0 Å². The van der Waals surface area contributed by atoms with Gasteiger partial charge in [0.25, 0.3) is 0 Å². The number of nitrogens with zero attached hydrogens (tertiary/aromatic N) is 2. The molecule has 1 unspecified atom stereocenters. The SMILES string of the molecule is CNCC(O)c1c(Cl)cnn1C(C)C. The van der Waals surface area contributed by atoms with Crippen molar-refractivity contribution in [1.82, 2.24) is 15.1 Å². The maximum atomic E-state index is 9.81. The number of hydrogen-bond donors (Lipinski definition) is 2. The van der Waals surface area contributed by atoms with Crippen LogP contribution in [-0.4, -0.2) is 28.5 Å². The summed E-state index contributed by atoms with van der Waals surface area (Å²) in [6, 6.07) is 0.198. The lowest BCUT2D eigenvalue weighted by Crippen LogP contribution is -2.21. The zero-order chi connectivity index (χ0) is 10.7. The van der Waals surface area contributed by atoms with Crippen LogP contribution in [0.15, 0.2) is 6.20 Å².